The molecule has 0 atom stereocenters. The smallest absolute Gasteiger partial charge is 0.175 e. The fourth-order valence-corrected chi connectivity index (χ4v) is 4.16. The van der Waals surface area contributed by atoms with Gasteiger partial charge in [0.05, 0.1) is 11.1 Å². The number of ether oxygens (including phenoxy) is 2. The van der Waals surface area contributed by atoms with Gasteiger partial charge in [0.25, 0.3) is 0 Å². The van der Waals surface area contributed by atoms with Crippen molar-refractivity contribution in [3.05, 3.63) is 57.6 Å². The van der Waals surface area contributed by atoms with E-state index < -0.39 is 0 Å². The van der Waals surface area contributed by atoms with Crippen LogP contribution in [0.25, 0.3) is 0 Å². The van der Waals surface area contributed by atoms with Crippen molar-refractivity contribution in [2.75, 3.05) is 26.2 Å². The second-order valence-corrected chi connectivity index (χ2v) is 8.23. The van der Waals surface area contributed by atoms with E-state index in [1.807, 2.05) is 19.1 Å². The standard InChI is InChI=1S/C23H31BrN2O2/c1-3-27-22-13-19(15-26-14-18-8-10-25-11-9-18)12-21(24)23(22)28-16-20-7-5-4-6-17(20)2/h4-7,12-13,18,25-26H,3,8-11,14-16H2,1-2H3. The van der Waals surface area contributed by atoms with Crippen molar-refractivity contribution in [2.24, 2.45) is 5.92 Å². The summed E-state index contributed by atoms with van der Waals surface area (Å²) in [6.45, 7) is 9.42. The van der Waals surface area contributed by atoms with Gasteiger partial charge in [-0.15, -0.1) is 0 Å². The predicted molar refractivity (Wildman–Crippen MR) is 118 cm³/mol. The monoisotopic (exact) mass is 446 g/mol. The van der Waals surface area contributed by atoms with Gasteiger partial charge in [-0.25, -0.2) is 0 Å². The van der Waals surface area contributed by atoms with Crippen molar-refractivity contribution in [3.63, 3.8) is 0 Å². The van der Waals surface area contributed by atoms with Gasteiger partial charge in [0, 0.05) is 6.54 Å². The number of hydrogen-bond acceptors (Lipinski definition) is 4. The normalized spacial score (nSPS) is 14.8. The first-order valence-corrected chi connectivity index (χ1v) is 11.0. The predicted octanol–water partition coefficient (Wildman–Crippen LogP) is 4.82. The number of rotatable bonds is 9. The molecule has 28 heavy (non-hydrogen) atoms. The van der Waals surface area contributed by atoms with Crippen LogP contribution >= 0.6 is 15.9 Å². The third-order valence-electron chi connectivity index (χ3n) is 5.22. The van der Waals surface area contributed by atoms with Gasteiger partial charge < -0.3 is 20.1 Å². The van der Waals surface area contributed by atoms with Crippen LogP contribution in [-0.4, -0.2) is 26.2 Å². The molecular weight excluding hydrogens is 416 g/mol. The summed E-state index contributed by atoms with van der Waals surface area (Å²) in [5.74, 6) is 2.34. The number of benzene rings is 2. The van der Waals surface area contributed by atoms with Crippen LogP contribution in [0, 0.1) is 12.8 Å². The van der Waals surface area contributed by atoms with E-state index in [1.54, 1.807) is 0 Å². The first-order valence-electron chi connectivity index (χ1n) is 10.2. The molecular formula is C23H31BrN2O2. The third kappa shape index (κ3) is 5.97. The molecule has 0 aliphatic carbocycles. The minimum atomic E-state index is 0.526. The van der Waals surface area contributed by atoms with Gasteiger partial charge in [0.1, 0.15) is 6.61 Å². The third-order valence-corrected chi connectivity index (χ3v) is 5.81. The fourth-order valence-electron chi connectivity index (χ4n) is 3.55. The zero-order valence-corrected chi connectivity index (χ0v) is 18.5. The van der Waals surface area contributed by atoms with Crippen LogP contribution in [0.5, 0.6) is 11.5 Å². The average molecular weight is 447 g/mol. The maximum atomic E-state index is 6.14. The number of aryl methyl sites for hydroxylation is 1. The Labute approximate surface area is 177 Å². The minimum Gasteiger partial charge on any atom is -0.490 e. The van der Waals surface area contributed by atoms with Crippen LogP contribution in [-0.2, 0) is 13.2 Å². The summed E-state index contributed by atoms with van der Waals surface area (Å²) in [6, 6.07) is 12.5. The highest BCUT2D eigenvalue weighted by molar-refractivity contribution is 9.10. The van der Waals surface area contributed by atoms with Gasteiger partial charge >= 0.3 is 0 Å². The molecule has 0 amide bonds. The molecule has 0 bridgehead atoms. The molecule has 2 aromatic carbocycles. The van der Waals surface area contributed by atoms with Gasteiger partial charge in [-0.05, 0) is 97.0 Å². The Morgan fingerprint density at radius 1 is 1.14 bits per heavy atom. The quantitative estimate of drug-likeness (QED) is 0.578. The van der Waals surface area contributed by atoms with Crippen LogP contribution in [0.3, 0.4) is 0 Å². The van der Waals surface area contributed by atoms with Crippen LogP contribution < -0.4 is 20.1 Å². The first kappa shape index (κ1) is 21.2. The number of halogens is 1. The van der Waals surface area contributed by atoms with Crippen LogP contribution in [0.1, 0.15) is 36.5 Å². The summed E-state index contributed by atoms with van der Waals surface area (Å²) < 4.78 is 13.0. The van der Waals surface area contributed by atoms with Gasteiger partial charge in [-0.3, -0.25) is 0 Å². The molecule has 4 nitrogen and oxygen atoms in total. The zero-order chi connectivity index (χ0) is 19.8. The molecule has 152 valence electrons. The lowest BCUT2D eigenvalue weighted by Gasteiger charge is -2.23. The maximum absolute atomic E-state index is 6.14. The van der Waals surface area contributed by atoms with E-state index in [4.69, 9.17) is 9.47 Å². The van der Waals surface area contributed by atoms with Gasteiger partial charge in [-0.2, -0.15) is 0 Å². The molecule has 1 saturated heterocycles. The van der Waals surface area contributed by atoms with Crippen molar-refractivity contribution in [1.82, 2.24) is 10.6 Å². The summed E-state index contributed by atoms with van der Waals surface area (Å²) in [7, 11) is 0. The van der Waals surface area contributed by atoms with Gasteiger partial charge in [0.15, 0.2) is 11.5 Å². The van der Waals surface area contributed by atoms with Gasteiger partial charge in [-0.1, -0.05) is 24.3 Å². The van der Waals surface area contributed by atoms with E-state index in [1.165, 1.54) is 29.5 Å². The molecule has 5 heteroatoms. The van der Waals surface area contributed by atoms with Crippen LogP contribution in [0.15, 0.2) is 40.9 Å². The van der Waals surface area contributed by atoms with Crippen LogP contribution in [0.4, 0.5) is 0 Å². The van der Waals surface area contributed by atoms with E-state index in [0.29, 0.717) is 13.2 Å². The van der Waals surface area contributed by atoms with E-state index in [-0.39, 0.29) is 0 Å². The lowest BCUT2D eigenvalue weighted by atomic mass is 9.98. The molecule has 0 aromatic heterocycles. The van der Waals surface area contributed by atoms with E-state index in [9.17, 15) is 0 Å². The Morgan fingerprint density at radius 2 is 1.93 bits per heavy atom. The number of hydrogen-bond donors (Lipinski definition) is 2. The van der Waals surface area contributed by atoms with Crippen molar-refractivity contribution in [3.8, 4) is 11.5 Å². The lowest BCUT2D eigenvalue weighted by Crippen LogP contribution is -2.33. The molecule has 0 unspecified atom stereocenters. The second kappa shape index (κ2) is 10.8. The van der Waals surface area contributed by atoms with E-state index in [2.05, 4.69) is 57.8 Å². The SMILES string of the molecule is CCOc1cc(CNCC2CCNCC2)cc(Br)c1OCc1ccccc1C. The summed E-state index contributed by atoms with van der Waals surface area (Å²) in [4.78, 5) is 0. The average Bonchev–Trinajstić information content (AvgIpc) is 2.70. The lowest BCUT2D eigenvalue weighted by molar-refractivity contribution is 0.267. The van der Waals surface area contributed by atoms with Crippen molar-refractivity contribution in [1.29, 1.82) is 0 Å². The summed E-state index contributed by atoms with van der Waals surface area (Å²) in [6.07, 6.45) is 2.51. The highest BCUT2D eigenvalue weighted by Gasteiger charge is 2.15. The largest absolute Gasteiger partial charge is 0.490 e. The highest BCUT2D eigenvalue weighted by atomic mass is 79.9. The fraction of sp³-hybridized carbons (Fsp3) is 0.478. The summed E-state index contributed by atoms with van der Waals surface area (Å²) >= 11 is 3.69. The second-order valence-electron chi connectivity index (χ2n) is 7.38. The molecule has 2 aromatic rings. The van der Waals surface area contributed by atoms with Gasteiger partial charge in [0.2, 0.25) is 0 Å². The molecule has 0 radical (unpaired) electrons. The number of piperidine rings is 1. The molecule has 1 aliphatic rings. The first-order chi connectivity index (χ1) is 13.7. The topological polar surface area (TPSA) is 42.5 Å². The Hall–Kier alpha value is -1.56. The molecule has 1 aliphatic heterocycles. The molecule has 0 saturated carbocycles. The Balaban J connectivity index is 1.64. The maximum Gasteiger partial charge on any atom is 0.175 e. The molecule has 1 fully saturated rings. The van der Waals surface area contributed by atoms with Crippen LogP contribution in [0.2, 0.25) is 0 Å². The van der Waals surface area contributed by atoms with Crippen molar-refractivity contribution < 1.29 is 9.47 Å². The van der Waals surface area contributed by atoms with Crippen molar-refractivity contribution >= 4 is 15.9 Å². The molecule has 2 N–H and O–H groups in total. The Morgan fingerprint density at radius 3 is 2.68 bits per heavy atom. The number of nitrogens with one attached hydrogen (secondary N) is 2. The summed E-state index contributed by atoms with van der Waals surface area (Å²) in [5.41, 5.74) is 3.62. The molecule has 0 spiro atoms. The van der Waals surface area contributed by atoms with E-state index in [0.717, 1.165) is 48.1 Å². The molecule has 3 rings (SSSR count). The highest BCUT2D eigenvalue weighted by Crippen LogP contribution is 2.37. The van der Waals surface area contributed by atoms with E-state index >= 15 is 0 Å². The van der Waals surface area contributed by atoms with Crippen molar-refractivity contribution in [2.45, 2.75) is 39.8 Å². The Kier molecular flexibility index (Phi) is 8.19. The summed E-state index contributed by atoms with van der Waals surface area (Å²) in [5, 5.41) is 7.03. The molecule has 1 heterocycles. The Bertz CT molecular complexity index is 760. The minimum absolute atomic E-state index is 0.526. The zero-order valence-electron chi connectivity index (χ0n) is 16.9.